The number of nitrogens with zero attached hydrogens (tertiary/aromatic N) is 4. The summed E-state index contributed by atoms with van der Waals surface area (Å²) in [5, 5.41) is 0.589. The van der Waals surface area contributed by atoms with E-state index in [1.54, 1.807) is 18.1 Å². The van der Waals surface area contributed by atoms with Gasteiger partial charge in [-0.15, -0.1) is 36.4 Å². The molecule has 3 aromatic rings. The quantitative estimate of drug-likeness (QED) is 0.498. The molecular weight excluding hydrogens is 422 g/mol. The van der Waals surface area contributed by atoms with Crippen LogP contribution in [0.1, 0.15) is 0 Å². The molecule has 9 heteroatoms. The Hall–Kier alpha value is -0.850. The zero-order valence-corrected chi connectivity index (χ0v) is 17.6. The normalized spacial score (nSPS) is 10.2. The molecule has 0 aliphatic rings. The summed E-state index contributed by atoms with van der Waals surface area (Å²) in [6.45, 7) is 0.712. The first-order valence-electron chi connectivity index (χ1n) is 7.11. The van der Waals surface area contributed by atoms with E-state index in [-0.39, 0.29) is 24.8 Å². The average Bonchev–Trinajstić information content (AvgIpc) is 2.93. The predicted octanol–water partition coefficient (Wildman–Crippen LogP) is 5.40. The monoisotopic (exact) mass is 438 g/mol. The van der Waals surface area contributed by atoms with Crippen LogP contribution < -0.4 is 4.90 Å². The summed E-state index contributed by atoms with van der Waals surface area (Å²) < 4.78 is 2.05. The van der Waals surface area contributed by atoms with Crippen LogP contribution in [0.2, 0.25) is 5.02 Å². The van der Waals surface area contributed by atoms with E-state index in [2.05, 4.69) is 8.96 Å². The van der Waals surface area contributed by atoms with Crippen molar-refractivity contribution < 1.29 is 0 Å². The molecule has 0 unspecified atom stereocenters. The van der Waals surface area contributed by atoms with Crippen molar-refractivity contribution >= 4 is 76.7 Å². The maximum absolute atomic E-state index is 6.62. The van der Waals surface area contributed by atoms with Crippen LogP contribution in [-0.2, 0) is 0 Å². The van der Waals surface area contributed by atoms with E-state index in [1.807, 2.05) is 48.5 Å². The van der Waals surface area contributed by atoms with E-state index in [1.165, 1.54) is 0 Å². The number of para-hydroxylation sites is 2. The van der Waals surface area contributed by atoms with Crippen LogP contribution in [0.25, 0.3) is 22.6 Å². The van der Waals surface area contributed by atoms with Crippen LogP contribution in [0, 0.1) is 0 Å². The number of imidazole rings is 1. The van der Waals surface area contributed by atoms with Crippen molar-refractivity contribution in [3.63, 3.8) is 0 Å². The molecule has 0 aliphatic heterocycles. The smallest absolute Gasteiger partial charge is 0.171 e. The van der Waals surface area contributed by atoms with Crippen molar-refractivity contribution in [1.29, 1.82) is 0 Å². The molecule has 2 aromatic heterocycles. The van der Waals surface area contributed by atoms with E-state index in [0.717, 1.165) is 22.5 Å². The summed E-state index contributed by atoms with van der Waals surface area (Å²) in [6.07, 6.45) is 3.76. The van der Waals surface area contributed by atoms with Crippen molar-refractivity contribution in [2.75, 3.05) is 30.6 Å². The molecule has 0 saturated carbocycles. The Kier molecular flexibility index (Phi) is 8.64. The molecule has 0 bridgehead atoms. The van der Waals surface area contributed by atoms with Crippen molar-refractivity contribution in [1.82, 2.24) is 13.9 Å². The molecule has 25 heavy (non-hydrogen) atoms. The highest BCUT2D eigenvalue weighted by Crippen LogP contribution is 2.36. The third-order valence-corrected chi connectivity index (χ3v) is 4.89. The number of pyridine rings is 1. The molecule has 0 amide bonds. The maximum atomic E-state index is 6.62. The molecule has 0 N–H and O–H groups in total. The lowest BCUT2D eigenvalue weighted by Crippen LogP contribution is -2.20. The van der Waals surface area contributed by atoms with Gasteiger partial charge in [-0.05, 0) is 30.1 Å². The Morgan fingerprint density at radius 2 is 1.92 bits per heavy atom. The van der Waals surface area contributed by atoms with Gasteiger partial charge in [-0.3, -0.25) is 8.96 Å². The number of benzene rings is 1. The Balaban J connectivity index is 0.00000156. The number of hydrogen-bond acceptors (Lipinski definition) is 4. The zero-order chi connectivity index (χ0) is 16.4. The molecule has 0 aliphatic carbocycles. The van der Waals surface area contributed by atoms with Gasteiger partial charge in [0.2, 0.25) is 0 Å². The number of hydrogen-bond donors (Lipinski definition) is 0. The molecule has 0 spiro atoms. The molecule has 3 rings (SSSR count). The molecule has 136 valence electrons. The van der Waals surface area contributed by atoms with Gasteiger partial charge >= 0.3 is 0 Å². The predicted molar refractivity (Wildman–Crippen MR) is 115 cm³/mol. The minimum atomic E-state index is 0. The number of halogens is 4. The van der Waals surface area contributed by atoms with E-state index in [0.29, 0.717) is 23.1 Å². The van der Waals surface area contributed by atoms with Gasteiger partial charge in [0.05, 0.1) is 21.7 Å². The second-order valence-corrected chi connectivity index (χ2v) is 6.49. The molecule has 0 atom stereocenters. The van der Waals surface area contributed by atoms with Crippen molar-refractivity contribution in [3.8, 4) is 11.5 Å². The molecule has 4 nitrogen and oxygen atoms in total. The number of alkyl halides is 1. The third-order valence-electron chi connectivity index (χ3n) is 3.61. The van der Waals surface area contributed by atoms with Gasteiger partial charge in [0.1, 0.15) is 5.69 Å². The third kappa shape index (κ3) is 4.29. The molecule has 0 fully saturated rings. The summed E-state index contributed by atoms with van der Waals surface area (Å²) >= 11 is 14.0. The summed E-state index contributed by atoms with van der Waals surface area (Å²) in [4.78, 5) is 11.2. The molecule has 2 heterocycles. The second-order valence-electron chi connectivity index (χ2n) is 5.00. The summed E-state index contributed by atoms with van der Waals surface area (Å²) in [5.41, 5.74) is 3.55. The standard InChI is InChI=1S/C16H16Cl2N4S.2ClH/c1-21(10-8-17)13-7-9-19-15(14(13)18)16-20-11-5-3-4-6-12(11)22(16)23-2;;/h3-7,9H,8,10H2,1-2H3;2*1H. The minimum Gasteiger partial charge on any atom is -0.372 e. The Labute approximate surface area is 173 Å². The van der Waals surface area contributed by atoms with Gasteiger partial charge in [0.25, 0.3) is 0 Å². The van der Waals surface area contributed by atoms with Crippen molar-refractivity contribution in [2.45, 2.75) is 0 Å². The molecular formula is C16H18Cl4N4S. The lowest BCUT2D eigenvalue weighted by molar-refractivity contribution is 0.970. The van der Waals surface area contributed by atoms with E-state index >= 15 is 0 Å². The van der Waals surface area contributed by atoms with Gasteiger partial charge in [-0.2, -0.15) is 0 Å². The Morgan fingerprint density at radius 1 is 1.20 bits per heavy atom. The number of anilines is 1. The molecule has 0 saturated heterocycles. The topological polar surface area (TPSA) is 34.0 Å². The summed E-state index contributed by atoms with van der Waals surface area (Å²) in [7, 11) is 1.96. The summed E-state index contributed by atoms with van der Waals surface area (Å²) in [5.74, 6) is 1.29. The number of rotatable bonds is 5. The Morgan fingerprint density at radius 3 is 2.60 bits per heavy atom. The Bertz CT molecular complexity index is 840. The number of fused-ring (bicyclic) bond motifs is 1. The highest BCUT2D eigenvalue weighted by molar-refractivity contribution is 7.97. The highest BCUT2D eigenvalue weighted by Gasteiger charge is 2.19. The van der Waals surface area contributed by atoms with Crippen LogP contribution in [0.5, 0.6) is 0 Å². The first-order valence-corrected chi connectivity index (χ1v) is 9.20. The average molecular weight is 440 g/mol. The zero-order valence-electron chi connectivity index (χ0n) is 13.6. The fourth-order valence-electron chi connectivity index (χ4n) is 2.47. The number of aromatic nitrogens is 3. The van der Waals surface area contributed by atoms with Gasteiger partial charge in [-0.1, -0.05) is 23.7 Å². The maximum Gasteiger partial charge on any atom is 0.171 e. The minimum absolute atomic E-state index is 0. The molecule has 1 aromatic carbocycles. The van der Waals surface area contributed by atoms with E-state index in [4.69, 9.17) is 28.2 Å². The van der Waals surface area contributed by atoms with Gasteiger partial charge in [-0.25, -0.2) is 4.98 Å². The van der Waals surface area contributed by atoms with Crippen molar-refractivity contribution in [3.05, 3.63) is 41.6 Å². The second kappa shape index (κ2) is 9.74. The van der Waals surface area contributed by atoms with Gasteiger partial charge in [0.15, 0.2) is 5.82 Å². The molecule has 0 radical (unpaired) electrons. The van der Waals surface area contributed by atoms with Crippen molar-refractivity contribution in [2.24, 2.45) is 0 Å². The summed E-state index contributed by atoms with van der Waals surface area (Å²) in [6, 6.07) is 9.90. The SMILES string of the molecule is CSn1c(-c2nccc(N(C)CCCl)c2Cl)nc2ccccc21.Cl.Cl. The lowest BCUT2D eigenvalue weighted by Gasteiger charge is -2.20. The highest BCUT2D eigenvalue weighted by atomic mass is 35.5. The van der Waals surface area contributed by atoms with Crippen LogP contribution in [0.15, 0.2) is 36.5 Å². The van der Waals surface area contributed by atoms with E-state index in [9.17, 15) is 0 Å². The van der Waals surface area contributed by atoms with E-state index < -0.39 is 0 Å². The fraction of sp³-hybridized carbons (Fsp3) is 0.250. The van der Waals surface area contributed by atoms with Crippen LogP contribution in [0.4, 0.5) is 5.69 Å². The first-order chi connectivity index (χ1) is 11.2. The lowest BCUT2D eigenvalue weighted by atomic mass is 10.3. The first kappa shape index (κ1) is 22.2. The van der Waals surface area contributed by atoms with Gasteiger partial charge < -0.3 is 4.90 Å². The van der Waals surface area contributed by atoms with Crippen LogP contribution in [0.3, 0.4) is 0 Å². The van der Waals surface area contributed by atoms with Crippen LogP contribution in [-0.4, -0.2) is 39.7 Å². The fourth-order valence-corrected chi connectivity index (χ4v) is 3.71. The largest absolute Gasteiger partial charge is 0.372 e. The van der Waals surface area contributed by atoms with Gasteiger partial charge in [0, 0.05) is 31.9 Å². The van der Waals surface area contributed by atoms with Crippen LogP contribution >= 0.6 is 60.0 Å².